The van der Waals surface area contributed by atoms with Crippen LogP contribution in [0.1, 0.15) is 10.4 Å². The number of anilines is 1. The Kier molecular flexibility index (Phi) is 3.31. The molecule has 0 aliphatic rings. The number of hydrogen-bond donors (Lipinski definition) is 0. The third-order valence-corrected chi connectivity index (χ3v) is 2.37. The first kappa shape index (κ1) is 10.1. The molecule has 0 atom stereocenters. The highest BCUT2D eigenvalue weighted by Crippen LogP contribution is 2.19. The van der Waals surface area contributed by atoms with Crippen LogP contribution in [0.3, 0.4) is 0 Å². The molecule has 0 fully saturated rings. The van der Waals surface area contributed by atoms with E-state index in [0.717, 1.165) is 17.1 Å². The second-order valence-corrected chi connectivity index (χ2v) is 3.58. The lowest BCUT2D eigenvalue weighted by Crippen LogP contribution is -2.11. The van der Waals surface area contributed by atoms with Gasteiger partial charge in [-0.15, -0.1) is 11.8 Å². The molecule has 1 heterocycles. The van der Waals surface area contributed by atoms with E-state index in [1.807, 2.05) is 31.3 Å². The van der Waals surface area contributed by atoms with Crippen molar-refractivity contribution in [2.24, 2.45) is 0 Å². The Bertz CT molecular complexity index is 312. The van der Waals surface area contributed by atoms with Crippen LogP contribution >= 0.6 is 11.8 Å². The van der Waals surface area contributed by atoms with Gasteiger partial charge in [-0.1, -0.05) is 0 Å². The zero-order chi connectivity index (χ0) is 9.84. The van der Waals surface area contributed by atoms with Gasteiger partial charge < -0.3 is 4.90 Å². The van der Waals surface area contributed by atoms with Crippen LogP contribution in [0.2, 0.25) is 0 Å². The van der Waals surface area contributed by atoms with Gasteiger partial charge in [-0.3, -0.25) is 4.79 Å². The number of nitrogens with zero attached hydrogens (tertiary/aromatic N) is 2. The molecule has 0 bridgehead atoms. The summed E-state index contributed by atoms with van der Waals surface area (Å²) in [4.78, 5) is 16.8. The summed E-state index contributed by atoms with van der Waals surface area (Å²) in [6, 6.07) is 3.63. The van der Waals surface area contributed by atoms with E-state index in [9.17, 15) is 4.79 Å². The van der Waals surface area contributed by atoms with Crippen LogP contribution < -0.4 is 4.90 Å². The van der Waals surface area contributed by atoms with E-state index in [2.05, 4.69) is 4.98 Å². The third-order valence-electron chi connectivity index (χ3n) is 1.65. The van der Waals surface area contributed by atoms with Crippen LogP contribution in [0.15, 0.2) is 17.2 Å². The number of aromatic nitrogens is 1. The Morgan fingerprint density at radius 3 is 2.62 bits per heavy atom. The molecule has 0 radical (unpaired) electrons. The van der Waals surface area contributed by atoms with Gasteiger partial charge in [-0.25, -0.2) is 4.98 Å². The van der Waals surface area contributed by atoms with Crippen LogP contribution in [-0.4, -0.2) is 31.6 Å². The fourth-order valence-corrected chi connectivity index (χ4v) is 1.48. The van der Waals surface area contributed by atoms with Gasteiger partial charge in [0.2, 0.25) is 0 Å². The normalized spacial score (nSPS) is 9.77. The number of aldehydes is 1. The number of hydrogen-bond acceptors (Lipinski definition) is 4. The molecule has 0 spiro atoms. The minimum atomic E-state index is 0.651. The lowest BCUT2D eigenvalue weighted by Gasteiger charge is -2.12. The molecule has 3 nitrogen and oxygen atoms in total. The van der Waals surface area contributed by atoms with E-state index >= 15 is 0 Å². The van der Waals surface area contributed by atoms with Crippen molar-refractivity contribution in [2.75, 3.05) is 25.3 Å². The van der Waals surface area contributed by atoms with E-state index < -0.39 is 0 Å². The Labute approximate surface area is 82.2 Å². The molecule has 4 heteroatoms. The first-order chi connectivity index (χ1) is 6.19. The number of thioether (sulfide) groups is 1. The predicted octanol–water partition coefficient (Wildman–Crippen LogP) is 1.68. The summed E-state index contributed by atoms with van der Waals surface area (Å²) in [7, 11) is 3.85. The van der Waals surface area contributed by atoms with Gasteiger partial charge in [0.1, 0.15) is 10.8 Å². The van der Waals surface area contributed by atoms with Gasteiger partial charge in [0, 0.05) is 19.7 Å². The van der Waals surface area contributed by atoms with Crippen molar-refractivity contribution in [3.8, 4) is 0 Å². The molecule has 0 aliphatic carbocycles. The Hall–Kier alpha value is -1.03. The highest BCUT2D eigenvalue weighted by atomic mass is 32.2. The Morgan fingerprint density at radius 2 is 2.15 bits per heavy atom. The van der Waals surface area contributed by atoms with Crippen molar-refractivity contribution in [2.45, 2.75) is 5.03 Å². The molecular weight excluding hydrogens is 184 g/mol. The Morgan fingerprint density at radius 1 is 1.46 bits per heavy atom. The Balaban J connectivity index is 3.12. The van der Waals surface area contributed by atoms with Crippen molar-refractivity contribution >= 4 is 23.9 Å². The molecule has 0 aliphatic heterocycles. The summed E-state index contributed by atoms with van der Waals surface area (Å²) >= 11 is 1.48. The molecule has 0 unspecified atom stereocenters. The van der Waals surface area contributed by atoms with Gasteiger partial charge >= 0.3 is 0 Å². The standard InChI is InChI=1S/C9H12N2OS/c1-11(2)8-5-4-7(6-12)9(10-8)13-3/h4-6H,1-3H3. The highest BCUT2D eigenvalue weighted by Gasteiger charge is 2.04. The maximum absolute atomic E-state index is 10.6. The van der Waals surface area contributed by atoms with Crippen LogP contribution in [0, 0.1) is 0 Å². The molecule has 1 aromatic heterocycles. The van der Waals surface area contributed by atoms with Crippen molar-refractivity contribution in [3.05, 3.63) is 17.7 Å². The highest BCUT2D eigenvalue weighted by molar-refractivity contribution is 7.98. The van der Waals surface area contributed by atoms with Crippen LogP contribution in [0.25, 0.3) is 0 Å². The van der Waals surface area contributed by atoms with Crippen molar-refractivity contribution < 1.29 is 4.79 Å². The molecule has 0 saturated heterocycles. The number of carbonyl (C=O) groups excluding carboxylic acids is 1. The van der Waals surface area contributed by atoms with Crippen molar-refractivity contribution in [1.29, 1.82) is 0 Å². The summed E-state index contributed by atoms with van der Waals surface area (Å²) in [6.07, 6.45) is 2.74. The average Bonchev–Trinajstić information content (AvgIpc) is 2.16. The third kappa shape index (κ3) is 2.21. The molecule has 1 aromatic rings. The van der Waals surface area contributed by atoms with Crippen molar-refractivity contribution in [1.82, 2.24) is 4.98 Å². The topological polar surface area (TPSA) is 33.2 Å². The number of carbonyl (C=O) groups is 1. The lowest BCUT2D eigenvalue weighted by atomic mass is 10.3. The molecular formula is C9H12N2OS. The first-order valence-electron chi connectivity index (χ1n) is 3.86. The van der Waals surface area contributed by atoms with Gasteiger partial charge in [-0.05, 0) is 18.4 Å². The summed E-state index contributed by atoms with van der Waals surface area (Å²) in [6.45, 7) is 0. The molecule has 0 amide bonds. The summed E-state index contributed by atoms with van der Waals surface area (Å²) in [5.74, 6) is 0.870. The lowest BCUT2D eigenvalue weighted by molar-refractivity contribution is 0.112. The maximum Gasteiger partial charge on any atom is 0.152 e. The van der Waals surface area contributed by atoms with Gasteiger partial charge in [0.05, 0.1) is 0 Å². The monoisotopic (exact) mass is 196 g/mol. The van der Waals surface area contributed by atoms with Crippen LogP contribution in [0.4, 0.5) is 5.82 Å². The second-order valence-electron chi connectivity index (χ2n) is 2.78. The number of rotatable bonds is 3. The van der Waals surface area contributed by atoms with E-state index in [1.54, 1.807) is 6.07 Å². The molecule has 1 rings (SSSR count). The second kappa shape index (κ2) is 4.28. The predicted molar refractivity (Wildman–Crippen MR) is 55.7 cm³/mol. The van der Waals surface area contributed by atoms with E-state index in [0.29, 0.717) is 5.56 Å². The van der Waals surface area contributed by atoms with Gasteiger partial charge in [0.25, 0.3) is 0 Å². The average molecular weight is 196 g/mol. The molecule has 70 valence electrons. The largest absolute Gasteiger partial charge is 0.363 e. The molecule has 0 N–H and O–H groups in total. The summed E-state index contributed by atoms with van der Waals surface area (Å²) in [5, 5.41) is 0.779. The van der Waals surface area contributed by atoms with Crippen molar-refractivity contribution in [3.63, 3.8) is 0 Å². The fourth-order valence-electron chi connectivity index (χ4n) is 0.944. The van der Waals surface area contributed by atoms with Crippen LogP contribution in [0.5, 0.6) is 0 Å². The van der Waals surface area contributed by atoms with E-state index in [1.165, 1.54) is 11.8 Å². The zero-order valence-corrected chi connectivity index (χ0v) is 8.76. The minimum Gasteiger partial charge on any atom is -0.363 e. The van der Waals surface area contributed by atoms with Crippen LogP contribution in [-0.2, 0) is 0 Å². The number of pyridine rings is 1. The quantitative estimate of drug-likeness (QED) is 0.544. The minimum absolute atomic E-state index is 0.651. The first-order valence-corrected chi connectivity index (χ1v) is 5.09. The van der Waals surface area contributed by atoms with E-state index in [-0.39, 0.29) is 0 Å². The van der Waals surface area contributed by atoms with Gasteiger partial charge in [0.15, 0.2) is 6.29 Å². The maximum atomic E-state index is 10.6. The summed E-state index contributed by atoms with van der Waals surface area (Å²) < 4.78 is 0. The fraction of sp³-hybridized carbons (Fsp3) is 0.333. The van der Waals surface area contributed by atoms with Gasteiger partial charge in [-0.2, -0.15) is 0 Å². The molecule has 0 saturated carbocycles. The molecule has 0 aromatic carbocycles. The SMILES string of the molecule is CSc1nc(N(C)C)ccc1C=O. The van der Waals surface area contributed by atoms with E-state index in [4.69, 9.17) is 0 Å². The zero-order valence-electron chi connectivity index (χ0n) is 7.94. The summed E-state index contributed by atoms with van der Waals surface area (Å²) in [5.41, 5.74) is 0.651. The molecule has 13 heavy (non-hydrogen) atoms. The smallest absolute Gasteiger partial charge is 0.152 e.